The summed E-state index contributed by atoms with van der Waals surface area (Å²) < 4.78 is 0. The van der Waals surface area contributed by atoms with Crippen LogP contribution in [-0.4, -0.2) is 53.2 Å². The average Bonchev–Trinajstić information content (AvgIpc) is 3.10. The summed E-state index contributed by atoms with van der Waals surface area (Å²) in [4.78, 5) is 17.0. The first kappa shape index (κ1) is 21.1. The number of benzene rings is 2. The second kappa shape index (κ2) is 9.72. The maximum Gasteiger partial charge on any atom is 0.228 e. The highest BCUT2D eigenvalue weighted by Gasteiger charge is 2.29. The molecule has 1 fully saturated rings. The number of nitrogens with two attached hydrogens (primary N) is 1. The molecular formula is C21H25Cl2N3O2. The number of hydrogen-bond donors (Lipinski definition) is 2. The number of likely N-dealkylation sites (tertiary alicyclic amines) is 1. The molecule has 2 atom stereocenters. The van der Waals surface area contributed by atoms with Crippen LogP contribution in [0.3, 0.4) is 0 Å². The first-order chi connectivity index (χ1) is 13.5. The van der Waals surface area contributed by atoms with E-state index < -0.39 is 0 Å². The van der Waals surface area contributed by atoms with Crippen molar-refractivity contribution in [3.8, 4) is 0 Å². The van der Waals surface area contributed by atoms with Gasteiger partial charge < -0.3 is 15.7 Å². The first-order valence-electron chi connectivity index (χ1n) is 9.36. The Morgan fingerprint density at radius 2 is 1.96 bits per heavy atom. The van der Waals surface area contributed by atoms with Crippen LogP contribution in [-0.2, 0) is 11.2 Å². The molecular weight excluding hydrogens is 397 g/mol. The van der Waals surface area contributed by atoms with E-state index in [-0.39, 0.29) is 31.1 Å². The predicted octanol–water partition coefficient (Wildman–Crippen LogP) is 3.09. The molecule has 3 N–H and O–H groups in total. The van der Waals surface area contributed by atoms with Crippen LogP contribution in [0.2, 0.25) is 10.0 Å². The summed E-state index contributed by atoms with van der Waals surface area (Å²) in [5, 5.41) is 10.8. The van der Waals surface area contributed by atoms with E-state index in [0.717, 1.165) is 24.1 Å². The molecule has 0 aliphatic carbocycles. The maximum absolute atomic E-state index is 13.1. The summed E-state index contributed by atoms with van der Waals surface area (Å²) >= 11 is 12.1. The first-order valence-corrected chi connectivity index (χ1v) is 10.1. The Labute approximate surface area is 175 Å². The number of aliphatic hydroxyl groups excluding tert-OH is 1. The Kier molecular flexibility index (Phi) is 7.32. The molecule has 0 unspecified atom stereocenters. The third kappa shape index (κ3) is 5.25. The zero-order chi connectivity index (χ0) is 20.1. The zero-order valence-electron chi connectivity index (χ0n) is 15.6. The van der Waals surface area contributed by atoms with Gasteiger partial charge >= 0.3 is 0 Å². The minimum Gasteiger partial charge on any atom is -0.392 e. The second-order valence-electron chi connectivity index (χ2n) is 7.10. The number of halogens is 2. The van der Waals surface area contributed by atoms with Crippen molar-refractivity contribution in [1.29, 1.82) is 0 Å². The average molecular weight is 422 g/mol. The van der Waals surface area contributed by atoms with Gasteiger partial charge in [0.1, 0.15) is 0 Å². The van der Waals surface area contributed by atoms with Crippen molar-refractivity contribution in [2.75, 3.05) is 26.3 Å². The molecule has 0 bridgehead atoms. The van der Waals surface area contributed by atoms with Crippen molar-refractivity contribution in [2.45, 2.75) is 25.0 Å². The Bertz CT molecular complexity index is 803. The summed E-state index contributed by atoms with van der Waals surface area (Å²) in [6.07, 6.45) is 0.635. The zero-order valence-corrected chi connectivity index (χ0v) is 17.1. The highest BCUT2D eigenvalue weighted by atomic mass is 35.5. The van der Waals surface area contributed by atoms with Crippen molar-refractivity contribution in [1.82, 2.24) is 9.80 Å². The van der Waals surface area contributed by atoms with Gasteiger partial charge in [0.2, 0.25) is 5.91 Å². The Morgan fingerprint density at radius 3 is 2.57 bits per heavy atom. The number of β-amino-alcohol motifs (C(OH)–C–C–N with tert-alkyl or cyclic N) is 1. The normalized spacial score (nSPS) is 18.2. The molecule has 7 heteroatoms. The molecule has 0 saturated carbocycles. The standard InChI is InChI=1S/C21H25Cl2N3O2/c22-18-7-6-15(10-19(18)23)11-21(28)26(14-24)20(16-4-2-1-3-5-16)13-25-9-8-17(27)12-25/h1-7,10,17,20,27H,8-9,11-14,24H2/t17-,20+/m0/s1. The van der Waals surface area contributed by atoms with Gasteiger partial charge in [-0.3, -0.25) is 9.69 Å². The van der Waals surface area contributed by atoms with Gasteiger partial charge in [-0.1, -0.05) is 59.6 Å². The van der Waals surface area contributed by atoms with E-state index in [4.69, 9.17) is 28.9 Å². The Hall–Kier alpha value is -1.63. The SMILES string of the molecule is NCN(C(=O)Cc1ccc(Cl)c(Cl)c1)[C@H](CN1CC[C@H](O)C1)c1ccccc1. The lowest BCUT2D eigenvalue weighted by atomic mass is 10.0. The third-order valence-electron chi connectivity index (χ3n) is 5.10. The minimum absolute atomic E-state index is 0.0745. The number of carbonyl (C=O) groups excluding carboxylic acids is 1. The number of carbonyl (C=O) groups is 1. The number of amides is 1. The lowest BCUT2D eigenvalue weighted by Crippen LogP contribution is -2.44. The molecule has 3 rings (SSSR count). The molecule has 150 valence electrons. The van der Waals surface area contributed by atoms with Gasteiger partial charge in [-0.2, -0.15) is 0 Å². The summed E-state index contributed by atoms with van der Waals surface area (Å²) in [7, 11) is 0. The molecule has 0 aromatic heterocycles. The van der Waals surface area contributed by atoms with Crippen molar-refractivity contribution in [3.63, 3.8) is 0 Å². The lowest BCUT2D eigenvalue weighted by Gasteiger charge is -2.34. The fourth-order valence-corrected chi connectivity index (χ4v) is 3.93. The molecule has 1 aliphatic rings. The van der Waals surface area contributed by atoms with Crippen molar-refractivity contribution >= 4 is 29.1 Å². The van der Waals surface area contributed by atoms with Gasteiger partial charge in [-0.25, -0.2) is 0 Å². The van der Waals surface area contributed by atoms with Crippen LogP contribution in [0.15, 0.2) is 48.5 Å². The summed E-state index contributed by atoms with van der Waals surface area (Å²) in [5.74, 6) is -0.0745. The van der Waals surface area contributed by atoms with E-state index in [1.807, 2.05) is 30.3 Å². The van der Waals surface area contributed by atoms with E-state index >= 15 is 0 Å². The Balaban J connectivity index is 1.80. The van der Waals surface area contributed by atoms with Gasteiger partial charge in [-0.15, -0.1) is 0 Å². The fraction of sp³-hybridized carbons (Fsp3) is 0.381. The molecule has 28 heavy (non-hydrogen) atoms. The lowest BCUT2D eigenvalue weighted by molar-refractivity contribution is -0.133. The highest BCUT2D eigenvalue weighted by Crippen LogP contribution is 2.26. The Morgan fingerprint density at radius 1 is 1.21 bits per heavy atom. The molecule has 0 spiro atoms. The largest absolute Gasteiger partial charge is 0.392 e. The highest BCUT2D eigenvalue weighted by molar-refractivity contribution is 6.42. The van der Waals surface area contributed by atoms with Crippen molar-refractivity contribution in [2.24, 2.45) is 5.73 Å². The van der Waals surface area contributed by atoms with E-state index in [2.05, 4.69) is 4.90 Å². The predicted molar refractivity (Wildman–Crippen MR) is 112 cm³/mol. The number of aliphatic hydroxyl groups is 1. The molecule has 1 saturated heterocycles. The van der Waals surface area contributed by atoms with Gasteiger partial charge in [-0.05, 0) is 29.7 Å². The van der Waals surface area contributed by atoms with E-state index in [0.29, 0.717) is 23.1 Å². The van der Waals surface area contributed by atoms with Gasteiger partial charge in [0.25, 0.3) is 0 Å². The van der Waals surface area contributed by atoms with Crippen LogP contribution in [0, 0.1) is 0 Å². The van der Waals surface area contributed by atoms with Gasteiger partial charge in [0.15, 0.2) is 0 Å². The van der Waals surface area contributed by atoms with Crippen molar-refractivity contribution in [3.05, 3.63) is 69.7 Å². The molecule has 5 nitrogen and oxygen atoms in total. The van der Waals surface area contributed by atoms with E-state index in [1.165, 1.54) is 0 Å². The summed E-state index contributed by atoms with van der Waals surface area (Å²) in [5.41, 5.74) is 7.83. The van der Waals surface area contributed by atoms with E-state index in [9.17, 15) is 9.90 Å². The second-order valence-corrected chi connectivity index (χ2v) is 7.91. The summed E-state index contributed by atoms with van der Waals surface area (Å²) in [6, 6.07) is 14.9. The minimum atomic E-state index is -0.310. The molecule has 1 heterocycles. The molecule has 1 amide bonds. The van der Waals surface area contributed by atoms with E-state index in [1.54, 1.807) is 23.1 Å². The third-order valence-corrected chi connectivity index (χ3v) is 5.83. The topological polar surface area (TPSA) is 69.8 Å². The van der Waals surface area contributed by atoms with Crippen LogP contribution in [0.5, 0.6) is 0 Å². The number of hydrogen-bond acceptors (Lipinski definition) is 4. The monoisotopic (exact) mass is 421 g/mol. The number of nitrogens with zero attached hydrogens (tertiary/aromatic N) is 2. The van der Waals surface area contributed by atoms with Crippen molar-refractivity contribution < 1.29 is 9.90 Å². The molecule has 1 aliphatic heterocycles. The number of rotatable bonds is 7. The van der Waals surface area contributed by atoms with Crippen LogP contribution in [0.25, 0.3) is 0 Å². The maximum atomic E-state index is 13.1. The molecule has 0 radical (unpaired) electrons. The van der Waals surface area contributed by atoms with Crippen LogP contribution >= 0.6 is 23.2 Å². The summed E-state index contributed by atoms with van der Waals surface area (Å²) in [6.45, 7) is 2.16. The van der Waals surface area contributed by atoms with Crippen LogP contribution in [0.4, 0.5) is 0 Å². The fourth-order valence-electron chi connectivity index (χ4n) is 3.61. The quantitative estimate of drug-likeness (QED) is 0.673. The molecule has 2 aromatic rings. The van der Waals surface area contributed by atoms with Crippen LogP contribution in [0.1, 0.15) is 23.6 Å². The van der Waals surface area contributed by atoms with Gasteiger partial charge in [0.05, 0.1) is 35.3 Å². The smallest absolute Gasteiger partial charge is 0.228 e. The van der Waals surface area contributed by atoms with Crippen LogP contribution < -0.4 is 5.73 Å². The molecule has 2 aromatic carbocycles. The van der Waals surface area contributed by atoms with Gasteiger partial charge in [0, 0.05) is 19.6 Å².